The number of aromatic nitrogens is 2. The molecule has 2 saturated heterocycles. The van der Waals surface area contributed by atoms with Crippen LogP contribution in [0.1, 0.15) is 37.7 Å². The van der Waals surface area contributed by atoms with Crippen molar-refractivity contribution in [3.8, 4) is 0 Å². The predicted molar refractivity (Wildman–Crippen MR) is 65.5 cm³/mol. The zero-order valence-corrected chi connectivity index (χ0v) is 10.6. The van der Waals surface area contributed by atoms with Crippen molar-refractivity contribution in [3.63, 3.8) is 0 Å². The van der Waals surface area contributed by atoms with E-state index < -0.39 is 5.60 Å². The maximum Gasteiger partial charge on any atom is 0.0956 e. The lowest BCUT2D eigenvalue weighted by molar-refractivity contribution is -0.0875. The second-order valence-electron chi connectivity index (χ2n) is 5.75. The molecule has 17 heavy (non-hydrogen) atoms. The van der Waals surface area contributed by atoms with Crippen LogP contribution >= 0.6 is 0 Å². The van der Waals surface area contributed by atoms with Gasteiger partial charge in [0, 0.05) is 30.9 Å². The van der Waals surface area contributed by atoms with Crippen molar-refractivity contribution in [2.24, 2.45) is 7.05 Å². The van der Waals surface area contributed by atoms with Crippen molar-refractivity contribution in [1.29, 1.82) is 0 Å². The molecule has 2 aliphatic heterocycles. The zero-order chi connectivity index (χ0) is 12.0. The monoisotopic (exact) mass is 235 g/mol. The molecule has 3 rings (SSSR count). The Morgan fingerprint density at radius 3 is 2.47 bits per heavy atom. The van der Waals surface area contributed by atoms with Gasteiger partial charge in [0.2, 0.25) is 0 Å². The molecule has 1 aromatic rings. The molecular weight excluding hydrogens is 214 g/mol. The minimum Gasteiger partial charge on any atom is -0.385 e. The van der Waals surface area contributed by atoms with Gasteiger partial charge in [-0.25, -0.2) is 0 Å². The number of rotatable bonds is 1. The molecule has 0 spiro atoms. The van der Waals surface area contributed by atoms with Crippen LogP contribution in [-0.2, 0) is 12.6 Å². The van der Waals surface area contributed by atoms with E-state index in [0.29, 0.717) is 12.1 Å². The molecule has 2 aliphatic rings. The SMILES string of the molecule is CN1C2CCCC1CC(O)(c1cnn(C)c1)C2. The summed E-state index contributed by atoms with van der Waals surface area (Å²) in [5, 5.41) is 15.1. The van der Waals surface area contributed by atoms with Gasteiger partial charge in [0.15, 0.2) is 0 Å². The molecule has 0 amide bonds. The largest absolute Gasteiger partial charge is 0.385 e. The molecule has 0 radical (unpaired) electrons. The van der Waals surface area contributed by atoms with Gasteiger partial charge in [-0.1, -0.05) is 6.42 Å². The first-order valence-corrected chi connectivity index (χ1v) is 6.52. The fraction of sp³-hybridized carbons (Fsp3) is 0.769. The highest BCUT2D eigenvalue weighted by Gasteiger charge is 2.45. The van der Waals surface area contributed by atoms with Crippen molar-refractivity contribution < 1.29 is 5.11 Å². The number of aliphatic hydroxyl groups is 1. The number of hydrogen-bond donors (Lipinski definition) is 1. The van der Waals surface area contributed by atoms with Gasteiger partial charge >= 0.3 is 0 Å². The topological polar surface area (TPSA) is 41.3 Å². The number of piperidine rings is 2. The summed E-state index contributed by atoms with van der Waals surface area (Å²) < 4.78 is 1.78. The van der Waals surface area contributed by atoms with E-state index in [1.807, 2.05) is 19.4 Å². The first-order valence-electron chi connectivity index (χ1n) is 6.52. The summed E-state index contributed by atoms with van der Waals surface area (Å²) in [5.74, 6) is 0. The van der Waals surface area contributed by atoms with Crippen LogP contribution in [-0.4, -0.2) is 38.9 Å². The van der Waals surface area contributed by atoms with Gasteiger partial charge in [0.25, 0.3) is 0 Å². The minimum absolute atomic E-state index is 0.535. The Kier molecular flexibility index (Phi) is 2.52. The highest BCUT2D eigenvalue weighted by molar-refractivity contribution is 5.18. The van der Waals surface area contributed by atoms with E-state index >= 15 is 0 Å². The van der Waals surface area contributed by atoms with Gasteiger partial charge in [0.1, 0.15) is 0 Å². The molecule has 2 bridgehead atoms. The second-order valence-corrected chi connectivity index (χ2v) is 5.75. The summed E-state index contributed by atoms with van der Waals surface area (Å²) in [7, 11) is 4.11. The van der Waals surface area contributed by atoms with Crippen LogP contribution < -0.4 is 0 Å². The predicted octanol–water partition coefficient (Wildman–Crippen LogP) is 1.25. The highest BCUT2D eigenvalue weighted by atomic mass is 16.3. The maximum atomic E-state index is 10.9. The molecule has 3 heterocycles. The lowest BCUT2D eigenvalue weighted by Crippen LogP contribution is -2.55. The quantitative estimate of drug-likeness (QED) is 0.796. The smallest absolute Gasteiger partial charge is 0.0956 e. The number of aryl methyl sites for hydroxylation is 1. The number of fused-ring (bicyclic) bond motifs is 2. The lowest BCUT2D eigenvalue weighted by atomic mass is 9.73. The van der Waals surface area contributed by atoms with Crippen molar-refractivity contribution >= 4 is 0 Å². The summed E-state index contributed by atoms with van der Waals surface area (Å²) in [5.41, 5.74) is 0.335. The van der Waals surface area contributed by atoms with E-state index in [4.69, 9.17) is 0 Å². The molecule has 2 unspecified atom stereocenters. The van der Waals surface area contributed by atoms with Crippen LogP contribution in [0.2, 0.25) is 0 Å². The van der Waals surface area contributed by atoms with Crippen LogP contribution in [0.4, 0.5) is 0 Å². The summed E-state index contributed by atoms with van der Waals surface area (Å²) in [6.07, 6.45) is 9.23. The summed E-state index contributed by atoms with van der Waals surface area (Å²) in [6, 6.07) is 1.07. The van der Waals surface area contributed by atoms with E-state index in [1.165, 1.54) is 19.3 Å². The van der Waals surface area contributed by atoms with Crippen molar-refractivity contribution in [2.45, 2.75) is 49.8 Å². The van der Waals surface area contributed by atoms with E-state index in [1.54, 1.807) is 4.68 Å². The van der Waals surface area contributed by atoms with Crippen LogP contribution in [0.3, 0.4) is 0 Å². The average molecular weight is 235 g/mol. The molecule has 4 nitrogen and oxygen atoms in total. The molecule has 0 saturated carbocycles. The molecule has 0 aliphatic carbocycles. The Morgan fingerprint density at radius 1 is 1.29 bits per heavy atom. The standard InChI is InChI=1S/C13H21N3O/c1-15-9-10(8-14-15)13(17)6-11-4-3-5-12(7-13)16(11)2/h8-9,11-12,17H,3-7H2,1-2H3. The first kappa shape index (κ1) is 11.2. The van der Waals surface area contributed by atoms with E-state index in [0.717, 1.165) is 18.4 Å². The Hall–Kier alpha value is -0.870. The minimum atomic E-state index is -0.656. The lowest BCUT2D eigenvalue weighted by Gasteiger charge is -2.50. The number of nitrogens with zero attached hydrogens (tertiary/aromatic N) is 3. The second kappa shape index (κ2) is 3.82. The van der Waals surface area contributed by atoms with Crippen molar-refractivity contribution in [2.75, 3.05) is 7.05 Å². The summed E-state index contributed by atoms with van der Waals surface area (Å²) >= 11 is 0. The van der Waals surface area contributed by atoms with E-state index in [9.17, 15) is 5.11 Å². The van der Waals surface area contributed by atoms with Crippen LogP contribution in [0.25, 0.3) is 0 Å². The van der Waals surface area contributed by atoms with Crippen molar-refractivity contribution in [3.05, 3.63) is 18.0 Å². The first-order chi connectivity index (χ1) is 8.08. The molecule has 94 valence electrons. The molecule has 0 aromatic carbocycles. The third kappa shape index (κ3) is 1.79. The molecule has 1 aromatic heterocycles. The molecular formula is C13H21N3O. The summed E-state index contributed by atoms with van der Waals surface area (Å²) in [4.78, 5) is 2.47. The molecule has 4 heteroatoms. The van der Waals surface area contributed by atoms with Gasteiger partial charge in [-0.15, -0.1) is 0 Å². The van der Waals surface area contributed by atoms with Gasteiger partial charge in [0.05, 0.1) is 11.8 Å². The fourth-order valence-electron chi connectivity index (χ4n) is 3.55. The third-order valence-electron chi connectivity index (χ3n) is 4.62. The fourth-order valence-corrected chi connectivity index (χ4v) is 3.55. The normalized spacial score (nSPS) is 38.3. The van der Waals surface area contributed by atoms with Gasteiger partial charge in [-0.2, -0.15) is 5.10 Å². The highest BCUT2D eigenvalue weighted by Crippen LogP contribution is 2.43. The Morgan fingerprint density at radius 2 is 1.94 bits per heavy atom. The number of hydrogen-bond acceptors (Lipinski definition) is 3. The third-order valence-corrected chi connectivity index (χ3v) is 4.62. The zero-order valence-electron chi connectivity index (χ0n) is 10.6. The molecule has 2 atom stereocenters. The van der Waals surface area contributed by atoms with E-state index in [2.05, 4.69) is 17.0 Å². The van der Waals surface area contributed by atoms with Crippen LogP contribution in [0.15, 0.2) is 12.4 Å². The Labute approximate surface area is 102 Å². The van der Waals surface area contributed by atoms with Gasteiger partial charge < -0.3 is 10.0 Å². The van der Waals surface area contributed by atoms with Crippen LogP contribution in [0, 0.1) is 0 Å². The Balaban J connectivity index is 1.89. The molecule has 1 N–H and O–H groups in total. The maximum absolute atomic E-state index is 10.9. The Bertz CT molecular complexity index is 401. The van der Waals surface area contributed by atoms with Crippen molar-refractivity contribution in [1.82, 2.24) is 14.7 Å². The van der Waals surface area contributed by atoms with Gasteiger partial charge in [-0.05, 0) is 32.7 Å². The van der Waals surface area contributed by atoms with Crippen LogP contribution in [0.5, 0.6) is 0 Å². The average Bonchev–Trinajstić information content (AvgIpc) is 2.68. The van der Waals surface area contributed by atoms with Gasteiger partial charge in [-0.3, -0.25) is 4.68 Å². The van der Waals surface area contributed by atoms with E-state index in [-0.39, 0.29) is 0 Å². The summed E-state index contributed by atoms with van der Waals surface area (Å²) in [6.45, 7) is 0. The molecule has 2 fully saturated rings.